The first-order valence-corrected chi connectivity index (χ1v) is 6.18. The number of carboxylic acid groups (broad SMARTS) is 1. The average Bonchev–Trinajstić information content (AvgIpc) is 2.41. The van der Waals surface area contributed by atoms with Gasteiger partial charge in [-0.1, -0.05) is 0 Å². The van der Waals surface area contributed by atoms with E-state index < -0.39 is 17.5 Å². The third-order valence-electron chi connectivity index (χ3n) is 2.27. The summed E-state index contributed by atoms with van der Waals surface area (Å²) in [6.45, 7) is 4.18. The first kappa shape index (κ1) is 15.6. The van der Waals surface area contributed by atoms with Crippen LogP contribution in [0.15, 0.2) is 36.0 Å². The first-order valence-electron chi connectivity index (χ1n) is 6.18. The first-order chi connectivity index (χ1) is 9.58. The quantitative estimate of drug-likeness (QED) is 0.344. The topological polar surface area (TPSA) is 84.9 Å². The molecular formula is C14H17NO5. The molecule has 0 fully saturated rings. The molecule has 20 heavy (non-hydrogen) atoms. The van der Waals surface area contributed by atoms with Crippen molar-refractivity contribution < 1.29 is 24.2 Å². The van der Waals surface area contributed by atoms with Crippen molar-refractivity contribution in [2.75, 3.05) is 18.5 Å². The lowest BCUT2D eigenvalue weighted by molar-refractivity contribution is -0.143. The van der Waals surface area contributed by atoms with Crippen LogP contribution < -0.4 is 10.1 Å². The zero-order valence-corrected chi connectivity index (χ0v) is 11.4. The van der Waals surface area contributed by atoms with Crippen LogP contribution in [0.4, 0.5) is 5.69 Å². The Morgan fingerprint density at radius 1 is 1.20 bits per heavy atom. The van der Waals surface area contributed by atoms with Crippen molar-refractivity contribution in [2.45, 2.75) is 13.8 Å². The average molecular weight is 279 g/mol. The van der Waals surface area contributed by atoms with Crippen molar-refractivity contribution in [2.24, 2.45) is 0 Å². The van der Waals surface area contributed by atoms with E-state index in [1.54, 1.807) is 31.2 Å². The van der Waals surface area contributed by atoms with Gasteiger partial charge in [0.15, 0.2) is 5.57 Å². The number of carbonyl (C=O) groups excluding carboxylic acids is 1. The molecule has 0 unspecified atom stereocenters. The van der Waals surface area contributed by atoms with Crippen LogP contribution in [0.2, 0.25) is 0 Å². The summed E-state index contributed by atoms with van der Waals surface area (Å²) in [5.41, 5.74) is 0.178. The van der Waals surface area contributed by atoms with Gasteiger partial charge in [0.1, 0.15) is 5.75 Å². The number of aliphatic carboxylic acids is 1. The number of hydrogen-bond acceptors (Lipinski definition) is 5. The van der Waals surface area contributed by atoms with Crippen molar-refractivity contribution in [3.05, 3.63) is 36.0 Å². The van der Waals surface area contributed by atoms with E-state index in [2.05, 4.69) is 10.1 Å². The third kappa shape index (κ3) is 4.64. The highest BCUT2D eigenvalue weighted by molar-refractivity contribution is 6.13. The van der Waals surface area contributed by atoms with Crippen LogP contribution in [0.1, 0.15) is 13.8 Å². The maximum atomic E-state index is 11.4. The standard InChI is InChI=1S/C14H17NO5/c1-3-19-11-7-5-10(6-8-11)15-9-12(13(16)17)14(18)20-4-2/h5-9,15H,3-4H2,1-2H3,(H,16,17)/b12-9-. The van der Waals surface area contributed by atoms with Gasteiger partial charge in [-0.25, -0.2) is 9.59 Å². The van der Waals surface area contributed by atoms with Crippen LogP contribution in [-0.2, 0) is 14.3 Å². The minimum Gasteiger partial charge on any atom is -0.494 e. The molecular weight excluding hydrogens is 262 g/mol. The van der Waals surface area contributed by atoms with Crippen molar-refractivity contribution >= 4 is 17.6 Å². The molecule has 6 nitrogen and oxygen atoms in total. The van der Waals surface area contributed by atoms with E-state index in [4.69, 9.17) is 9.84 Å². The summed E-state index contributed by atoms with van der Waals surface area (Å²) in [4.78, 5) is 22.4. The molecule has 2 N–H and O–H groups in total. The molecule has 0 bridgehead atoms. The molecule has 0 heterocycles. The van der Waals surface area contributed by atoms with Gasteiger partial charge in [0.25, 0.3) is 0 Å². The summed E-state index contributed by atoms with van der Waals surface area (Å²) >= 11 is 0. The molecule has 0 atom stereocenters. The Hall–Kier alpha value is -2.50. The molecule has 0 aliphatic heterocycles. The molecule has 6 heteroatoms. The Labute approximate surface area is 117 Å². The number of esters is 1. The summed E-state index contributed by atoms with van der Waals surface area (Å²) in [6.07, 6.45) is 1.11. The highest BCUT2D eigenvalue weighted by Gasteiger charge is 2.18. The van der Waals surface area contributed by atoms with Gasteiger partial charge in [-0.2, -0.15) is 0 Å². The van der Waals surface area contributed by atoms with Gasteiger partial charge < -0.3 is 19.9 Å². The maximum Gasteiger partial charge on any atom is 0.347 e. The summed E-state index contributed by atoms with van der Waals surface area (Å²) < 4.78 is 9.94. The van der Waals surface area contributed by atoms with E-state index >= 15 is 0 Å². The van der Waals surface area contributed by atoms with E-state index in [0.717, 1.165) is 6.20 Å². The molecule has 0 saturated heterocycles. The number of carbonyl (C=O) groups is 2. The normalized spacial score (nSPS) is 10.8. The fraction of sp³-hybridized carbons (Fsp3) is 0.286. The molecule has 0 spiro atoms. The molecule has 0 amide bonds. The van der Waals surface area contributed by atoms with Gasteiger partial charge in [-0.05, 0) is 38.1 Å². The zero-order valence-electron chi connectivity index (χ0n) is 11.4. The van der Waals surface area contributed by atoms with Crippen LogP contribution in [0.3, 0.4) is 0 Å². The monoisotopic (exact) mass is 279 g/mol. The fourth-order valence-electron chi connectivity index (χ4n) is 1.39. The van der Waals surface area contributed by atoms with Crippen LogP contribution in [0.25, 0.3) is 0 Å². The maximum absolute atomic E-state index is 11.4. The van der Waals surface area contributed by atoms with Gasteiger partial charge in [-0.15, -0.1) is 0 Å². The smallest absolute Gasteiger partial charge is 0.347 e. The van der Waals surface area contributed by atoms with Gasteiger partial charge in [-0.3, -0.25) is 0 Å². The number of anilines is 1. The van der Waals surface area contributed by atoms with Crippen LogP contribution in [-0.4, -0.2) is 30.3 Å². The number of benzene rings is 1. The summed E-state index contributed by atoms with van der Waals surface area (Å²) in [7, 11) is 0. The van der Waals surface area contributed by atoms with E-state index in [1.165, 1.54) is 0 Å². The minimum atomic E-state index is -1.35. The Balaban J connectivity index is 2.76. The Bertz CT molecular complexity index is 493. The van der Waals surface area contributed by atoms with Crippen LogP contribution in [0, 0.1) is 0 Å². The molecule has 1 aromatic rings. The van der Waals surface area contributed by atoms with Crippen LogP contribution in [0.5, 0.6) is 5.75 Å². The molecule has 0 saturated carbocycles. The van der Waals surface area contributed by atoms with Gasteiger partial charge in [0.2, 0.25) is 0 Å². The Morgan fingerprint density at radius 2 is 1.85 bits per heavy atom. The molecule has 0 aliphatic carbocycles. The highest BCUT2D eigenvalue weighted by atomic mass is 16.5. The predicted molar refractivity (Wildman–Crippen MR) is 73.6 cm³/mol. The number of hydrogen-bond donors (Lipinski definition) is 2. The molecule has 1 rings (SSSR count). The molecule has 0 aliphatic rings. The number of carboxylic acids is 1. The predicted octanol–water partition coefficient (Wildman–Crippen LogP) is 2.03. The third-order valence-corrected chi connectivity index (χ3v) is 2.27. The summed E-state index contributed by atoms with van der Waals surface area (Å²) in [6, 6.07) is 6.91. The largest absolute Gasteiger partial charge is 0.494 e. The van der Waals surface area contributed by atoms with E-state index in [1.807, 2.05) is 6.92 Å². The highest BCUT2D eigenvalue weighted by Crippen LogP contribution is 2.16. The van der Waals surface area contributed by atoms with E-state index in [0.29, 0.717) is 18.0 Å². The second kappa shape index (κ2) is 7.83. The van der Waals surface area contributed by atoms with Crippen molar-refractivity contribution in [1.82, 2.24) is 0 Å². The van der Waals surface area contributed by atoms with E-state index in [-0.39, 0.29) is 6.61 Å². The fourth-order valence-corrected chi connectivity index (χ4v) is 1.39. The van der Waals surface area contributed by atoms with Gasteiger partial charge in [0, 0.05) is 11.9 Å². The second-order valence-electron chi connectivity index (χ2n) is 3.69. The minimum absolute atomic E-state index is 0.118. The SMILES string of the molecule is CCOC(=O)/C(=C\Nc1ccc(OCC)cc1)C(=O)O. The Kier molecular flexibility index (Phi) is 6.09. The van der Waals surface area contributed by atoms with Crippen LogP contribution >= 0.6 is 0 Å². The lowest BCUT2D eigenvalue weighted by Crippen LogP contribution is -2.16. The molecule has 0 aromatic heterocycles. The van der Waals surface area contributed by atoms with Gasteiger partial charge >= 0.3 is 11.9 Å². The lowest BCUT2D eigenvalue weighted by atomic mass is 10.2. The second-order valence-corrected chi connectivity index (χ2v) is 3.69. The Morgan fingerprint density at radius 3 is 2.35 bits per heavy atom. The number of rotatable bonds is 7. The van der Waals surface area contributed by atoms with Crippen molar-refractivity contribution in [1.29, 1.82) is 0 Å². The zero-order chi connectivity index (χ0) is 15.0. The summed E-state index contributed by atoms with van der Waals surface area (Å²) in [5, 5.41) is 11.7. The number of ether oxygens (including phenoxy) is 2. The molecule has 0 radical (unpaired) electrons. The van der Waals surface area contributed by atoms with Gasteiger partial charge in [0.05, 0.1) is 13.2 Å². The van der Waals surface area contributed by atoms with Crippen molar-refractivity contribution in [3.63, 3.8) is 0 Å². The molecule has 108 valence electrons. The lowest BCUT2D eigenvalue weighted by Gasteiger charge is -2.06. The summed E-state index contributed by atoms with van der Waals surface area (Å²) in [5.74, 6) is -1.51. The number of nitrogens with one attached hydrogen (secondary N) is 1. The van der Waals surface area contributed by atoms with Crippen molar-refractivity contribution in [3.8, 4) is 5.75 Å². The molecule has 1 aromatic carbocycles. The van der Waals surface area contributed by atoms with E-state index in [9.17, 15) is 9.59 Å².